The Kier molecular flexibility index (Phi) is 49.3. The fourth-order valence-corrected chi connectivity index (χ4v) is 7.50. The second-order valence-corrected chi connectivity index (χ2v) is 18.1. The molecule has 0 heterocycles. The smallest absolute Gasteiger partial charge is 0.457 e. The number of esters is 1. The Morgan fingerprint density at radius 2 is 0.875 bits per heavy atom. The van der Waals surface area contributed by atoms with Crippen molar-refractivity contribution >= 4 is 13.8 Å². The van der Waals surface area contributed by atoms with Gasteiger partial charge in [-0.1, -0.05) is 201 Å². The van der Waals surface area contributed by atoms with E-state index in [1.807, 2.05) is 0 Å². The molecule has 0 aliphatic rings. The van der Waals surface area contributed by atoms with Crippen molar-refractivity contribution < 1.29 is 32.8 Å². The van der Waals surface area contributed by atoms with Crippen molar-refractivity contribution in [1.29, 1.82) is 0 Å². The van der Waals surface area contributed by atoms with Gasteiger partial charge in [0.2, 0.25) is 0 Å². The van der Waals surface area contributed by atoms with Gasteiger partial charge in [0, 0.05) is 19.6 Å². The molecule has 3 N–H and O–H groups in total. The van der Waals surface area contributed by atoms with Crippen LogP contribution in [0.2, 0.25) is 0 Å². The molecule has 0 spiro atoms. The van der Waals surface area contributed by atoms with E-state index in [4.69, 9.17) is 24.3 Å². The molecular weight excluding hydrogens is 818 g/mol. The third-order valence-electron chi connectivity index (χ3n) is 10.5. The summed E-state index contributed by atoms with van der Waals surface area (Å²) in [5.41, 5.74) is 5.39. The molecule has 0 radical (unpaired) electrons. The fraction of sp³-hybridized carbons (Fsp3) is 0.691. The van der Waals surface area contributed by atoms with E-state index in [9.17, 15) is 14.3 Å². The molecule has 0 aromatic heterocycles. The molecule has 64 heavy (non-hydrogen) atoms. The Morgan fingerprint density at radius 3 is 1.31 bits per heavy atom. The molecule has 0 bridgehead atoms. The lowest BCUT2D eigenvalue weighted by Crippen LogP contribution is -2.28. The Bertz CT molecular complexity index is 1300. The molecule has 0 saturated carbocycles. The maximum atomic E-state index is 12.7. The number of hydrogen-bond donors (Lipinski definition) is 2. The molecule has 2 atom stereocenters. The number of unbranched alkanes of at least 4 members (excludes halogenated alkanes) is 19. The predicted octanol–water partition coefficient (Wildman–Crippen LogP) is 16.2. The van der Waals surface area contributed by atoms with E-state index in [-0.39, 0.29) is 32.3 Å². The Labute approximate surface area is 393 Å². The summed E-state index contributed by atoms with van der Waals surface area (Å²) in [6.45, 7) is 4.74. The maximum Gasteiger partial charge on any atom is 0.472 e. The topological polar surface area (TPSA) is 117 Å². The summed E-state index contributed by atoms with van der Waals surface area (Å²) in [5, 5.41) is 0. The summed E-state index contributed by atoms with van der Waals surface area (Å²) >= 11 is 0. The summed E-state index contributed by atoms with van der Waals surface area (Å²) in [7, 11) is -4.30. The molecule has 9 heteroatoms. The van der Waals surface area contributed by atoms with Gasteiger partial charge in [0.05, 0.1) is 19.8 Å². The standard InChI is InChI=1S/C55H96NO7P/c1-3-5-7-9-11-13-15-17-19-21-23-25-26-27-29-31-33-35-37-39-41-43-45-47-50-60-52-54(53-62-64(58,59)61-51-49-56)63-55(57)48-46-44-42-40-38-36-34-32-30-28-24-22-20-18-16-14-12-10-8-6-4-2/h5,7,11,13,16-19,22-25,27,29,33,35,54H,3-4,6,8-10,12,14-15,20-21,26,28,30-32,34,36-53,56H2,1-2H3,(H,58,59)/b7-5-,13-11-,18-16-,19-17-,24-22-,25-23-,29-27-,35-33-. The van der Waals surface area contributed by atoms with Gasteiger partial charge in [-0.05, 0) is 96.3 Å². The minimum absolute atomic E-state index is 0.0909. The van der Waals surface area contributed by atoms with Crippen LogP contribution in [0.25, 0.3) is 0 Å². The zero-order valence-corrected chi connectivity index (χ0v) is 41.9. The summed E-state index contributed by atoms with van der Waals surface area (Å²) < 4.78 is 33.6. The van der Waals surface area contributed by atoms with E-state index in [0.717, 1.165) is 89.9 Å². The van der Waals surface area contributed by atoms with E-state index < -0.39 is 13.9 Å². The molecule has 2 unspecified atom stereocenters. The SMILES string of the molecule is CC/C=C\C/C=C\C/C=C\C/C=C\C/C=C\C/C=C\CCCCCCCOCC(COP(=O)(O)OCCN)OC(=O)CCCCCCCCCCC/C=C\C/C=C\CCCCCCC. The second kappa shape index (κ2) is 51.4. The minimum Gasteiger partial charge on any atom is -0.457 e. The number of carbonyl (C=O) groups excluding carboxylic acids is 1. The van der Waals surface area contributed by atoms with Crippen LogP contribution in [-0.4, -0.2) is 49.9 Å². The average Bonchev–Trinajstić information content (AvgIpc) is 3.29. The zero-order chi connectivity index (χ0) is 46.5. The number of nitrogens with two attached hydrogens (primary N) is 1. The van der Waals surface area contributed by atoms with E-state index in [1.165, 1.54) is 96.3 Å². The maximum absolute atomic E-state index is 12.7. The molecule has 368 valence electrons. The molecular formula is C55H96NO7P. The van der Waals surface area contributed by atoms with Crippen LogP contribution in [0.15, 0.2) is 97.2 Å². The quantitative estimate of drug-likeness (QED) is 0.0268. The monoisotopic (exact) mass is 914 g/mol. The van der Waals surface area contributed by atoms with Gasteiger partial charge in [-0.3, -0.25) is 13.8 Å². The van der Waals surface area contributed by atoms with E-state index in [1.54, 1.807) is 0 Å². The number of allylic oxidation sites excluding steroid dienone is 16. The van der Waals surface area contributed by atoms with Gasteiger partial charge >= 0.3 is 13.8 Å². The van der Waals surface area contributed by atoms with Crippen molar-refractivity contribution in [2.75, 3.05) is 33.0 Å². The summed E-state index contributed by atoms with van der Waals surface area (Å²) in [6, 6.07) is 0. The average molecular weight is 914 g/mol. The Balaban J connectivity index is 4.04. The van der Waals surface area contributed by atoms with Crippen LogP contribution in [-0.2, 0) is 27.9 Å². The second-order valence-electron chi connectivity index (χ2n) is 16.6. The number of rotatable bonds is 48. The van der Waals surface area contributed by atoms with Gasteiger partial charge in [0.15, 0.2) is 0 Å². The summed E-state index contributed by atoms with van der Waals surface area (Å²) in [4.78, 5) is 22.6. The third kappa shape index (κ3) is 50.4. The van der Waals surface area contributed by atoms with Gasteiger partial charge in [0.1, 0.15) is 6.10 Å². The molecule has 0 aliphatic heterocycles. The number of phosphoric ester groups is 1. The third-order valence-corrected chi connectivity index (χ3v) is 11.5. The van der Waals surface area contributed by atoms with Crippen LogP contribution in [0.5, 0.6) is 0 Å². The lowest BCUT2D eigenvalue weighted by Gasteiger charge is -2.20. The van der Waals surface area contributed by atoms with Gasteiger partial charge < -0.3 is 20.1 Å². The van der Waals surface area contributed by atoms with Gasteiger partial charge in [0.25, 0.3) is 0 Å². The first-order chi connectivity index (χ1) is 31.4. The van der Waals surface area contributed by atoms with Gasteiger partial charge in [-0.25, -0.2) is 4.57 Å². The van der Waals surface area contributed by atoms with Crippen molar-refractivity contribution in [1.82, 2.24) is 0 Å². The lowest BCUT2D eigenvalue weighted by atomic mass is 10.1. The number of hydrogen-bond acceptors (Lipinski definition) is 7. The van der Waals surface area contributed by atoms with Crippen molar-refractivity contribution in [2.45, 2.75) is 213 Å². The molecule has 0 fully saturated rings. The van der Waals surface area contributed by atoms with Crippen LogP contribution in [0, 0.1) is 0 Å². The first kappa shape index (κ1) is 61.4. The van der Waals surface area contributed by atoms with Gasteiger partial charge in [-0.15, -0.1) is 0 Å². The molecule has 0 aromatic rings. The normalized spacial score (nSPS) is 14.1. The van der Waals surface area contributed by atoms with Crippen molar-refractivity contribution in [3.05, 3.63) is 97.2 Å². The molecule has 0 aliphatic carbocycles. The number of ether oxygens (including phenoxy) is 2. The highest BCUT2D eigenvalue weighted by molar-refractivity contribution is 7.47. The van der Waals surface area contributed by atoms with Crippen molar-refractivity contribution in [3.8, 4) is 0 Å². The summed E-state index contributed by atoms with van der Waals surface area (Å²) in [6.07, 6.45) is 68.6. The van der Waals surface area contributed by atoms with Crippen LogP contribution < -0.4 is 5.73 Å². The highest BCUT2D eigenvalue weighted by Crippen LogP contribution is 2.43. The first-order valence-electron chi connectivity index (χ1n) is 25.7. The van der Waals surface area contributed by atoms with E-state index >= 15 is 0 Å². The zero-order valence-electron chi connectivity index (χ0n) is 41.0. The van der Waals surface area contributed by atoms with Crippen LogP contribution >= 0.6 is 7.82 Å². The Morgan fingerprint density at radius 1 is 0.484 bits per heavy atom. The van der Waals surface area contributed by atoms with Crippen molar-refractivity contribution in [2.24, 2.45) is 5.73 Å². The van der Waals surface area contributed by atoms with Crippen LogP contribution in [0.4, 0.5) is 0 Å². The number of phosphoric acid groups is 1. The molecule has 0 aromatic carbocycles. The molecule has 0 saturated heterocycles. The minimum atomic E-state index is -4.30. The Hall–Kier alpha value is -2.58. The largest absolute Gasteiger partial charge is 0.472 e. The van der Waals surface area contributed by atoms with Crippen LogP contribution in [0.3, 0.4) is 0 Å². The number of carbonyl (C=O) groups is 1. The van der Waals surface area contributed by atoms with Crippen molar-refractivity contribution in [3.63, 3.8) is 0 Å². The fourth-order valence-electron chi connectivity index (χ4n) is 6.74. The van der Waals surface area contributed by atoms with Gasteiger partial charge in [-0.2, -0.15) is 0 Å². The summed E-state index contributed by atoms with van der Waals surface area (Å²) in [5.74, 6) is -0.345. The highest BCUT2D eigenvalue weighted by atomic mass is 31.2. The highest BCUT2D eigenvalue weighted by Gasteiger charge is 2.25. The lowest BCUT2D eigenvalue weighted by molar-refractivity contribution is -0.154. The first-order valence-corrected chi connectivity index (χ1v) is 27.2. The predicted molar refractivity (Wildman–Crippen MR) is 274 cm³/mol. The van der Waals surface area contributed by atoms with Crippen LogP contribution in [0.1, 0.15) is 206 Å². The molecule has 0 rings (SSSR count). The van der Waals surface area contributed by atoms with E-state index in [0.29, 0.717) is 13.0 Å². The molecule has 8 nitrogen and oxygen atoms in total. The molecule has 0 amide bonds. The van der Waals surface area contributed by atoms with E-state index in [2.05, 4.69) is 111 Å².